The number of rotatable bonds is 14. The molecule has 8 nitrogen and oxygen atoms in total. The Morgan fingerprint density at radius 2 is 1.38 bits per heavy atom. The second kappa shape index (κ2) is 15.5. The van der Waals surface area contributed by atoms with Gasteiger partial charge in [0.15, 0.2) is 0 Å². The van der Waals surface area contributed by atoms with Crippen LogP contribution < -0.4 is 10.6 Å². The van der Waals surface area contributed by atoms with Crippen LogP contribution in [-0.4, -0.2) is 48.1 Å². The molecule has 2 aromatic rings. The molecule has 0 bridgehead atoms. The lowest BCUT2D eigenvalue weighted by Gasteiger charge is -2.32. The first kappa shape index (κ1) is 30.4. The van der Waals surface area contributed by atoms with Crippen molar-refractivity contribution < 1.29 is 28.3 Å². The molecule has 0 aromatic heterocycles. The summed E-state index contributed by atoms with van der Waals surface area (Å²) in [7, 11) is -3.53. The summed E-state index contributed by atoms with van der Waals surface area (Å²) in [6, 6.07) is 17.3. The Morgan fingerprint density at radius 3 is 1.93 bits per heavy atom. The van der Waals surface area contributed by atoms with Gasteiger partial charge in [0.25, 0.3) is 0 Å². The van der Waals surface area contributed by atoms with Crippen molar-refractivity contribution in [2.75, 3.05) is 12.8 Å². The zero-order chi connectivity index (χ0) is 28.2. The number of carboxylic acids is 1. The Bertz CT molecular complexity index is 1090. The molecule has 3 N–H and O–H groups in total. The topological polar surface area (TPSA) is 114 Å². The van der Waals surface area contributed by atoms with E-state index in [-0.39, 0.29) is 37.4 Å². The predicted molar refractivity (Wildman–Crippen MR) is 156 cm³/mol. The average Bonchev–Trinajstić information content (AvgIpc) is 2.97. The molecule has 0 aliphatic heterocycles. The molecule has 0 saturated heterocycles. The summed E-state index contributed by atoms with van der Waals surface area (Å²) < 4.78 is 26.5. The molecule has 2 saturated carbocycles. The van der Waals surface area contributed by atoms with Crippen LogP contribution in [0.2, 0.25) is 0 Å². The van der Waals surface area contributed by atoms with Gasteiger partial charge in [-0.05, 0) is 48.8 Å². The summed E-state index contributed by atoms with van der Waals surface area (Å²) in [5, 5.41) is 14.9. The molecule has 0 unspecified atom stereocenters. The van der Waals surface area contributed by atoms with E-state index in [9.17, 15) is 14.2 Å². The largest absolute Gasteiger partial charge is 0.481 e. The zero-order valence-corrected chi connectivity index (χ0v) is 24.2. The van der Waals surface area contributed by atoms with E-state index in [4.69, 9.17) is 14.2 Å². The van der Waals surface area contributed by atoms with Crippen LogP contribution in [0.25, 0.3) is 11.1 Å². The van der Waals surface area contributed by atoms with E-state index in [0.717, 1.165) is 80.9 Å². The minimum atomic E-state index is -3.53. The molecule has 2 aromatic carbocycles. The highest BCUT2D eigenvalue weighted by atomic mass is 31.2. The van der Waals surface area contributed by atoms with Gasteiger partial charge in [-0.3, -0.25) is 19.5 Å². The first-order valence-electron chi connectivity index (χ1n) is 14.7. The van der Waals surface area contributed by atoms with Gasteiger partial charge in [0.1, 0.15) is 0 Å². The maximum Gasteiger partial charge on any atom is 0.344 e. The minimum absolute atomic E-state index is 0.0219. The highest BCUT2D eigenvalue weighted by Gasteiger charge is 2.35. The number of benzene rings is 2. The molecule has 0 spiro atoms. The zero-order valence-electron chi connectivity index (χ0n) is 23.3. The number of carboxylic acid groups (broad SMARTS) is 1. The van der Waals surface area contributed by atoms with Gasteiger partial charge in [-0.1, -0.05) is 93.1 Å². The summed E-state index contributed by atoms with van der Waals surface area (Å²) in [5.74, 6) is -1.32. The summed E-state index contributed by atoms with van der Waals surface area (Å²) in [6.07, 6.45) is 9.90. The molecule has 1 amide bonds. The third kappa shape index (κ3) is 9.84. The van der Waals surface area contributed by atoms with E-state index in [0.29, 0.717) is 6.42 Å². The molecular weight excluding hydrogens is 527 g/mol. The molecule has 9 heteroatoms. The van der Waals surface area contributed by atoms with Gasteiger partial charge in [-0.25, -0.2) is 0 Å². The van der Waals surface area contributed by atoms with E-state index in [2.05, 4.69) is 10.6 Å². The second-order valence-electron chi connectivity index (χ2n) is 11.0. The molecule has 218 valence electrons. The SMILES string of the molecule is O=C(O)CCNC(=O)[C@H](Cc1ccc(-c2ccccc2)cc1)NCP(=O)(OC1CCCCC1)OC1CCCCC1. The first-order chi connectivity index (χ1) is 19.4. The lowest BCUT2D eigenvalue weighted by Crippen LogP contribution is -2.46. The summed E-state index contributed by atoms with van der Waals surface area (Å²) in [4.78, 5) is 24.2. The molecular formula is C31H43N2O6P. The number of nitrogens with one attached hydrogen (secondary N) is 2. The van der Waals surface area contributed by atoms with Crippen molar-refractivity contribution >= 4 is 19.5 Å². The van der Waals surface area contributed by atoms with E-state index < -0.39 is 19.6 Å². The predicted octanol–water partition coefficient (Wildman–Crippen LogP) is 6.29. The summed E-state index contributed by atoms with van der Waals surface area (Å²) >= 11 is 0. The van der Waals surface area contributed by atoms with Gasteiger partial charge in [-0.15, -0.1) is 0 Å². The summed E-state index contributed by atoms with van der Waals surface area (Å²) in [6.45, 7) is 0.0219. The van der Waals surface area contributed by atoms with Crippen LogP contribution >= 0.6 is 7.60 Å². The van der Waals surface area contributed by atoms with Crippen molar-refractivity contribution in [1.82, 2.24) is 10.6 Å². The lowest BCUT2D eigenvalue weighted by atomic mass is 9.98. The molecule has 2 aliphatic carbocycles. The fourth-order valence-corrected chi connectivity index (χ4v) is 7.46. The Balaban J connectivity index is 1.46. The minimum Gasteiger partial charge on any atom is -0.481 e. The number of carbonyl (C=O) groups excluding carboxylic acids is 1. The standard InChI is InChI=1S/C31H43N2O6P/c34-30(35)20-21-32-31(36)29(22-24-16-18-26(19-17-24)25-10-4-1-5-11-25)33-23-40(37,38-27-12-6-2-7-13-27)39-28-14-8-3-9-15-28/h1,4-5,10-11,16-19,27-29,33H,2-3,6-9,12-15,20-23H2,(H,32,36)(H,34,35)/t29-/m0/s1. The second-order valence-corrected chi connectivity index (χ2v) is 12.9. The highest BCUT2D eigenvalue weighted by Crippen LogP contribution is 2.52. The lowest BCUT2D eigenvalue weighted by molar-refractivity contribution is -0.137. The van der Waals surface area contributed by atoms with Crippen molar-refractivity contribution in [3.8, 4) is 11.1 Å². The smallest absolute Gasteiger partial charge is 0.344 e. The van der Waals surface area contributed by atoms with Crippen LogP contribution in [0.3, 0.4) is 0 Å². The van der Waals surface area contributed by atoms with Crippen LogP contribution in [0.1, 0.15) is 76.2 Å². The number of hydrogen-bond donors (Lipinski definition) is 3. The quantitative estimate of drug-likeness (QED) is 0.229. The number of hydrogen-bond acceptors (Lipinski definition) is 6. The Hall–Kier alpha value is -2.51. The molecule has 0 radical (unpaired) electrons. The number of carbonyl (C=O) groups is 2. The van der Waals surface area contributed by atoms with E-state index in [1.54, 1.807) is 0 Å². The van der Waals surface area contributed by atoms with Crippen molar-refractivity contribution in [2.45, 2.75) is 95.3 Å². The van der Waals surface area contributed by atoms with Gasteiger partial charge in [-0.2, -0.15) is 0 Å². The third-order valence-corrected chi connectivity index (χ3v) is 9.52. The maximum absolute atomic E-state index is 14.1. The fourth-order valence-electron chi connectivity index (χ4n) is 5.49. The molecule has 40 heavy (non-hydrogen) atoms. The monoisotopic (exact) mass is 570 g/mol. The normalized spacial score (nSPS) is 17.8. The Morgan fingerprint density at radius 1 is 0.825 bits per heavy atom. The molecule has 0 heterocycles. The van der Waals surface area contributed by atoms with Crippen LogP contribution in [0.4, 0.5) is 0 Å². The third-order valence-electron chi connectivity index (χ3n) is 7.71. The van der Waals surface area contributed by atoms with Gasteiger partial charge >= 0.3 is 13.6 Å². The fraction of sp³-hybridized carbons (Fsp3) is 0.548. The Kier molecular flexibility index (Phi) is 11.8. The maximum atomic E-state index is 14.1. The van der Waals surface area contributed by atoms with Gasteiger partial charge in [0, 0.05) is 6.54 Å². The van der Waals surface area contributed by atoms with Gasteiger partial charge in [0.05, 0.1) is 31.0 Å². The molecule has 2 aliphatic rings. The average molecular weight is 571 g/mol. The molecule has 1 atom stereocenters. The van der Waals surface area contributed by atoms with Crippen LogP contribution in [-0.2, 0) is 29.6 Å². The van der Waals surface area contributed by atoms with Crippen molar-refractivity contribution in [3.63, 3.8) is 0 Å². The Labute approximate surface area is 237 Å². The van der Waals surface area contributed by atoms with E-state index in [1.807, 2.05) is 54.6 Å². The van der Waals surface area contributed by atoms with Crippen LogP contribution in [0.15, 0.2) is 54.6 Å². The highest BCUT2D eigenvalue weighted by molar-refractivity contribution is 7.53. The van der Waals surface area contributed by atoms with E-state index >= 15 is 0 Å². The van der Waals surface area contributed by atoms with Crippen molar-refractivity contribution in [3.05, 3.63) is 60.2 Å². The molecule has 4 rings (SSSR count). The van der Waals surface area contributed by atoms with Crippen LogP contribution in [0, 0.1) is 0 Å². The van der Waals surface area contributed by atoms with Crippen molar-refractivity contribution in [1.29, 1.82) is 0 Å². The number of amides is 1. The summed E-state index contributed by atoms with van der Waals surface area (Å²) in [5.41, 5.74) is 3.11. The van der Waals surface area contributed by atoms with Gasteiger partial charge in [0.2, 0.25) is 5.91 Å². The first-order valence-corrected chi connectivity index (χ1v) is 16.5. The number of aliphatic carboxylic acids is 1. The van der Waals surface area contributed by atoms with E-state index in [1.165, 1.54) is 0 Å². The van der Waals surface area contributed by atoms with Gasteiger partial charge < -0.3 is 19.5 Å². The van der Waals surface area contributed by atoms with Crippen molar-refractivity contribution in [2.24, 2.45) is 0 Å². The van der Waals surface area contributed by atoms with Crippen LogP contribution in [0.5, 0.6) is 0 Å². The molecule has 2 fully saturated rings.